The van der Waals surface area contributed by atoms with Crippen LogP contribution in [0.25, 0.3) is 11.4 Å². The number of amides is 2. The van der Waals surface area contributed by atoms with Crippen LogP contribution in [-0.4, -0.2) is 26.6 Å². The van der Waals surface area contributed by atoms with Crippen molar-refractivity contribution in [3.8, 4) is 11.4 Å². The Bertz CT molecular complexity index is 1020. The van der Waals surface area contributed by atoms with Crippen molar-refractivity contribution in [3.05, 3.63) is 64.4 Å². The molecule has 3 rings (SSSR count). The highest BCUT2D eigenvalue weighted by Gasteiger charge is 2.13. The third-order valence-electron chi connectivity index (χ3n) is 3.79. The molecule has 26 heavy (non-hydrogen) atoms. The molecule has 0 aliphatic carbocycles. The smallest absolute Gasteiger partial charge is 0.248 e. The van der Waals surface area contributed by atoms with Gasteiger partial charge in [0.15, 0.2) is 10.6 Å². The van der Waals surface area contributed by atoms with Crippen LogP contribution in [0.2, 0.25) is 0 Å². The van der Waals surface area contributed by atoms with Crippen LogP contribution in [0, 0.1) is 11.7 Å². The highest BCUT2D eigenvalue weighted by Crippen LogP contribution is 2.19. The normalized spacial score (nSPS) is 10.5. The zero-order valence-electron chi connectivity index (χ0n) is 14.0. The number of nitrogens with zero attached hydrogens (tertiary/aromatic N) is 2. The van der Waals surface area contributed by atoms with Crippen LogP contribution in [0.3, 0.4) is 0 Å². The number of benzene rings is 2. The number of aromatic amines is 1. The summed E-state index contributed by atoms with van der Waals surface area (Å²) in [6.07, 6.45) is 0. The van der Waals surface area contributed by atoms with Crippen LogP contribution >= 0.6 is 12.2 Å². The maximum atomic E-state index is 12.4. The summed E-state index contributed by atoms with van der Waals surface area (Å²) < 4.78 is 2.00. The summed E-state index contributed by atoms with van der Waals surface area (Å²) in [6.45, 7) is 1.99. The number of hydrogen-bond acceptors (Lipinski definition) is 4. The van der Waals surface area contributed by atoms with Gasteiger partial charge in [-0.3, -0.25) is 19.3 Å². The number of H-pyrrole nitrogens is 1. The van der Waals surface area contributed by atoms with Gasteiger partial charge in [-0.2, -0.15) is 5.10 Å². The molecule has 132 valence electrons. The molecule has 1 heterocycles. The minimum absolute atomic E-state index is 0.0101. The van der Waals surface area contributed by atoms with Crippen LogP contribution in [0.1, 0.15) is 15.9 Å². The van der Waals surface area contributed by atoms with Crippen LogP contribution in [-0.2, 0) is 11.3 Å². The second-order valence-electron chi connectivity index (χ2n) is 5.80. The maximum absolute atomic E-state index is 12.4. The van der Waals surface area contributed by atoms with Gasteiger partial charge in [0, 0.05) is 16.8 Å². The summed E-state index contributed by atoms with van der Waals surface area (Å²) in [5.41, 5.74) is 8.10. The Morgan fingerprint density at radius 1 is 1.23 bits per heavy atom. The molecule has 0 saturated heterocycles. The van der Waals surface area contributed by atoms with E-state index < -0.39 is 5.91 Å². The number of anilines is 1. The van der Waals surface area contributed by atoms with Crippen molar-refractivity contribution in [1.29, 1.82) is 0 Å². The SMILES string of the molecule is Cc1cccc(-c2n[nH]c(=S)n2CC(=O)Nc2ccc(C(N)=O)cc2)c1. The van der Waals surface area contributed by atoms with E-state index >= 15 is 0 Å². The van der Waals surface area contributed by atoms with Gasteiger partial charge < -0.3 is 11.1 Å². The minimum Gasteiger partial charge on any atom is -0.366 e. The Morgan fingerprint density at radius 3 is 2.62 bits per heavy atom. The number of aromatic nitrogens is 3. The molecule has 0 spiro atoms. The first-order valence-electron chi connectivity index (χ1n) is 7.86. The second kappa shape index (κ2) is 7.32. The van der Waals surface area contributed by atoms with E-state index in [9.17, 15) is 9.59 Å². The van der Waals surface area contributed by atoms with E-state index in [1.54, 1.807) is 28.8 Å². The van der Waals surface area contributed by atoms with E-state index in [0.717, 1.165) is 11.1 Å². The maximum Gasteiger partial charge on any atom is 0.248 e. The first-order valence-corrected chi connectivity index (χ1v) is 8.27. The molecule has 0 aliphatic heterocycles. The van der Waals surface area contributed by atoms with E-state index in [4.69, 9.17) is 18.0 Å². The largest absolute Gasteiger partial charge is 0.366 e. The molecule has 2 aromatic carbocycles. The molecule has 8 heteroatoms. The molecule has 0 unspecified atom stereocenters. The number of rotatable bonds is 5. The van der Waals surface area contributed by atoms with E-state index in [2.05, 4.69) is 15.5 Å². The lowest BCUT2D eigenvalue weighted by Crippen LogP contribution is -2.19. The van der Waals surface area contributed by atoms with E-state index in [-0.39, 0.29) is 12.5 Å². The standard InChI is InChI=1S/C18H17N5O2S/c1-11-3-2-4-13(9-11)17-21-22-18(26)23(17)10-15(24)20-14-7-5-12(6-8-14)16(19)25/h2-9H,10H2,1H3,(H2,19,25)(H,20,24)(H,22,26). The summed E-state index contributed by atoms with van der Waals surface area (Å²) in [5, 5.41) is 9.73. The first kappa shape index (κ1) is 17.6. The van der Waals surface area contributed by atoms with Gasteiger partial charge in [0.2, 0.25) is 11.8 Å². The van der Waals surface area contributed by atoms with E-state index in [1.807, 2.05) is 31.2 Å². The van der Waals surface area contributed by atoms with Gasteiger partial charge in [0.1, 0.15) is 6.54 Å². The molecular weight excluding hydrogens is 350 g/mol. The van der Waals surface area contributed by atoms with Gasteiger partial charge in [-0.25, -0.2) is 0 Å². The first-order chi connectivity index (χ1) is 12.4. The molecule has 0 atom stereocenters. The summed E-state index contributed by atoms with van der Waals surface area (Å²) in [6, 6.07) is 14.1. The Kier molecular flexibility index (Phi) is 4.94. The average Bonchev–Trinajstić information content (AvgIpc) is 2.96. The van der Waals surface area contributed by atoms with Crippen LogP contribution in [0.4, 0.5) is 5.69 Å². The number of nitrogens with two attached hydrogens (primary N) is 1. The summed E-state index contributed by atoms with van der Waals surface area (Å²) >= 11 is 5.25. The number of nitrogens with one attached hydrogen (secondary N) is 2. The van der Waals surface area contributed by atoms with Gasteiger partial charge >= 0.3 is 0 Å². The van der Waals surface area contributed by atoms with Gasteiger partial charge in [0.05, 0.1) is 0 Å². The minimum atomic E-state index is -0.518. The summed E-state index contributed by atoms with van der Waals surface area (Å²) in [4.78, 5) is 23.5. The lowest BCUT2D eigenvalue weighted by Gasteiger charge is -2.09. The van der Waals surface area contributed by atoms with Crippen molar-refractivity contribution in [2.45, 2.75) is 13.5 Å². The van der Waals surface area contributed by atoms with Gasteiger partial charge in [-0.15, -0.1) is 0 Å². The monoisotopic (exact) mass is 367 g/mol. The molecule has 7 nitrogen and oxygen atoms in total. The number of aryl methyl sites for hydroxylation is 1. The van der Waals surface area contributed by atoms with Gasteiger partial charge in [-0.1, -0.05) is 23.8 Å². The van der Waals surface area contributed by atoms with E-state index in [0.29, 0.717) is 21.8 Å². The van der Waals surface area contributed by atoms with Crippen molar-refractivity contribution < 1.29 is 9.59 Å². The molecule has 4 N–H and O–H groups in total. The van der Waals surface area contributed by atoms with Crippen LogP contribution < -0.4 is 11.1 Å². The summed E-state index contributed by atoms with van der Waals surface area (Å²) in [7, 11) is 0. The molecule has 0 bridgehead atoms. The topological polar surface area (TPSA) is 106 Å². The predicted octanol–water partition coefficient (Wildman–Crippen LogP) is 2.65. The zero-order chi connectivity index (χ0) is 18.7. The lowest BCUT2D eigenvalue weighted by atomic mass is 10.1. The Morgan fingerprint density at radius 2 is 1.96 bits per heavy atom. The number of primary amides is 1. The third-order valence-corrected chi connectivity index (χ3v) is 4.10. The van der Waals surface area contributed by atoms with Crippen LogP contribution in [0.5, 0.6) is 0 Å². The third kappa shape index (κ3) is 3.86. The molecule has 0 saturated carbocycles. The Hall–Kier alpha value is -3.26. The van der Waals surface area contributed by atoms with Gasteiger partial charge in [-0.05, 0) is 49.5 Å². The van der Waals surface area contributed by atoms with Crippen LogP contribution in [0.15, 0.2) is 48.5 Å². The fourth-order valence-corrected chi connectivity index (χ4v) is 2.73. The van der Waals surface area contributed by atoms with Gasteiger partial charge in [0.25, 0.3) is 0 Å². The highest BCUT2D eigenvalue weighted by molar-refractivity contribution is 7.71. The molecule has 3 aromatic rings. The fraction of sp³-hybridized carbons (Fsp3) is 0.111. The fourth-order valence-electron chi connectivity index (χ4n) is 2.53. The lowest BCUT2D eigenvalue weighted by molar-refractivity contribution is -0.116. The molecule has 0 aliphatic rings. The molecule has 0 fully saturated rings. The number of carbonyl (C=O) groups excluding carboxylic acids is 2. The van der Waals surface area contributed by atoms with Crippen molar-refractivity contribution in [2.75, 3.05) is 5.32 Å². The summed E-state index contributed by atoms with van der Waals surface area (Å²) in [5.74, 6) is -0.184. The Labute approximate surface area is 154 Å². The highest BCUT2D eigenvalue weighted by atomic mass is 32.1. The number of carbonyl (C=O) groups is 2. The molecule has 2 amide bonds. The molecule has 0 radical (unpaired) electrons. The molecule has 1 aromatic heterocycles. The second-order valence-corrected chi connectivity index (χ2v) is 6.18. The van der Waals surface area contributed by atoms with E-state index in [1.165, 1.54) is 0 Å². The quantitative estimate of drug-likeness (QED) is 0.603. The average molecular weight is 367 g/mol. The van der Waals surface area contributed by atoms with Crippen molar-refractivity contribution >= 4 is 29.7 Å². The van der Waals surface area contributed by atoms with Crippen molar-refractivity contribution in [1.82, 2.24) is 14.8 Å². The van der Waals surface area contributed by atoms with Crippen molar-refractivity contribution in [3.63, 3.8) is 0 Å². The predicted molar refractivity (Wildman–Crippen MR) is 101 cm³/mol. The zero-order valence-corrected chi connectivity index (χ0v) is 14.8. The molecular formula is C18H17N5O2S. The Balaban J connectivity index is 1.78. The number of hydrogen-bond donors (Lipinski definition) is 3. The van der Waals surface area contributed by atoms with Crippen molar-refractivity contribution in [2.24, 2.45) is 5.73 Å².